The molecule has 90 valence electrons. The summed E-state index contributed by atoms with van der Waals surface area (Å²) in [5.74, 6) is 0. The number of nitrogens with two attached hydrogens (primary N) is 1. The molecular formula is C11H18N2O2S. The Hall–Kier alpha value is -1.07. The summed E-state index contributed by atoms with van der Waals surface area (Å²) in [6.07, 6.45) is 0.770. The number of hydrogen-bond acceptors (Lipinski definition) is 3. The smallest absolute Gasteiger partial charge is 0.241 e. The molecule has 0 fully saturated rings. The van der Waals surface area contributed by atoms with Crippen molar-refractivity contribution in [1.82, 2.24) is 4.72 Å². The van der Waals surface area contributed by atoms with Gasteiger partial charge in [-0.2, -0.15) is 0 Å². The largest absolute Gasteiger partial charge is 0.399 e. The first-order valence-corrected chi connectivity index (χ1v) is 6.73. The molecule has 0 aliphatic heterocycles. The van der Waals surface area contributed by atoms with Crippen molar-refractivity contribution in [2.24, 2.45) is 0 Å². The summed E-state index contributed by atoms with van der Waals surface area (Å²) in [5.41, 5.74) is 7.61. The van der Waals surface area contributed by atoms with E-state index in [1.54, 1.807) is 26.0 Å². The molecule has 0 heterocycles. The summed E-state index contributed by atoms with van der Waals surface area (Å²) in [7, 11) is -3.41. The Morgan fingerprint density at radius 3 is 2.19 bits per heavy atom. The molecule has 0 aliphatic carbocycles. The van der Waals surface area contributed by atoms with E-state index in [0.29, 0.717) is 28.3 Å². The van der Waals surface area contributed by atoms with Crippen molar-refractivity contribution in [2.45, 2.75) is 32.1 Å². The normalized spacial score (nSPS) is 11.7. The second kappa shape index (κ2) is 4.84. The summed E-state index contributed by atoms with van der Waals surface area (Å²) in [5, 5.41) is 0. The van der Waals surface area contributed by atoms with Gasteiger partial charge in [0.1, 0.15) is 0 Å². The van der Waals surface area contributed by atoms with Crippen LogP contribution in [0.5, 0.6) is 0 Å². The number of rotatable bonds is 4. The molecule has 0 saturated heterocycles. The fourth-order valence-corrected chi connectivity index (χ4v) is 3.30. The highest BCUT2D eigenvalue weighted by Crippen LogP contribution is 2.22. The molecule has 1 rings (SSSR count). The van der Waals surface area contributed by atoms with Gasteiger partial charge in [0.2, 0.25) is 10.0 Å². The van der Waals surface area contributed by atoms with Crippen LogP contribution in [0.2, 0.25) is 0 Å². The summed E-state index contributed by atoms with van der Waals surface area (Å²) >= 11 is 0. The quantitative estimate of drug-likeness (QED) is 0.787. The maximum Gasteiger partial charge on any atom is 0.241 e. The lowest BCUT2D eigenvalue weighted by molar-refractivity contribution is 0.579. The number of benzene rings is 1. The summed E-state index contributed by atoms with van der Waals surface area (Å²) in [6.45, 7) is 5.88. The van der Waals surface area contributed by atoms with Gasteiger partial charge in [0.05, 0.1) is 4.90 Å². The van der Waals surface area contributed by atoms with E-state index in [-0.39, 0.29) is 0 Å². The number of anilines is 1. The molecule has 16 heavy (non-hydrogen) atoms. The molecule has 0 amide bonds. The molecule has 4 nitrogen and oxygen atoms in total. The predicted molar refractivity (Wildman–Crippen MR) is 65.8 cm³/mol. The van der Waals surface area contributed by atoms with Gasteiger partial charge < -0.3 is 5.73 Å². The maximum absolute atomic E-state index is 12.0. The van der Waals surface area contributed by atoms with Crippen molar-refractivity contribution in [3.8, 4) is 0 Å². The van der Waals surface area contributed by atoms with Gasteiger partial charge in [-0.05, 0) is 43.5 Å². The van der Waals surface area contributed by atoms with Crippen LogP contribution in [-0.4, -0.2) is 15.0 Å². The highest BCUT2D eigenvalue weighted by Gasteiger charge is 2.18. The van der Waals surface area contributed by atoms with Crippen molar-refractivity contribution in [2.75, 3.05) is 12.3 Å². The Morgan fingerprint density at radius 1 is 1.25 bits per heavy atom. The van der Waals surface area contributed by atoms with Crippen molar-refractivity contribution in [3.05, 3.63) is 23.3 Å². The topological polar surface area (TPSA) is 72.2 Å². The van der Waals surface area contributed by atoms with Crippen molar-refractivity contribution in [3.63, 3.8) is 0 Å². The Kier molecular flexibility index (Phi) is 3.93. The van der Waals surface area contributed by atoms with E-state index in [9.17, 15) is 8.42 Å². The monoisotopic (exact) mass is 242 g/mol. The molecule has 0 atom stereocenters. The zero-order valence-corrected chi connectivity index (χ0v) is 10.7. The molecule has 0 aliphatic rings. The van der Waals surface area contributed by atoms with Gasteiger partial charge in [0.25, 0.3) is 0 Å². The van der Waals surface area contributed by atoms with E-state index in [1.807, 2.05) is 6.92 Å². The fourth-order valence-electron chi connectivity index (χ4n) is 1.72. The second-order valence-corrected chi connectivity index (χ2v) is 5.59. The number of nitrogens with one attached hydrogen (secondary N) is 1. The number of hydrogen-bond donors (Lipinski definition) is 2. The van der Waals surface area contributed by atoms with Crippen LogP contribution in [0.15, 0.2) is 17.0 Å². The molecule has 0 radical (unpaired) electrons. The first-order valence-electron chi connectivity index (χ1n) is 5.25. The minimum Gasteiger partial charge on any atom is -0.399 e. The van der Waals surface area contributed by atoms with E-state index in [0.717, 1.165) is 6.42 Å². The third kappa shape index (κ3) is 2.74. The number of sulfonamides is 1. The molecular weight excluding hydrogens is 224 g/mol. The van der Waals surface area contributed by atoms with Crippen LogP contribution < -0.4 is 10.5 Å². The summed E-state index contributed by atoms with van der Waals surface area (Å²) in [6, 6.07) is 3.35. The Balaban J connectivity index is 3.23. The van der Waals surface area contributed by atoms with Crippen LogP contribution in [0.1, 0.15) is 24.5 Å². The van der Waals surface area contributed by atoms with E-state index >= 15 is 0 Å². The van der Waals surface area contributed by atoms with Crippen molar-refractivity contribution >= 4 is 15.7 Å². The lowest BCUT2D eigenvalue weighted by Crippen LogP contribution is -2.26. The van der Waals surface area contributed by atoms with Crippen molar-refractivity contribution < 1.29 is 8.42 Å². The fraction of sp³-hybridized carbons (Fsp3) is 0.455. The van der Waals surface area contributed by atoms with E-state index in [2.05, 4.69) is 4.72 Å². The lowest BCUT2D eigenvalue weighted by atomic mass is 10.1. The van der Waals surface area contributed by atoms with E-state index < -0.39 is 10.0 Å². The maximum atomic E-state index is 12.0. The van der Waals surface area contributed by atoms with Gasteiger partial charge >= 0.3 is 0 Å². The van der Waals surface area contributed by atoms with Crippen molar-refractivity contribution in [1.29, 1.82) is 0 Å². The third-order valence-corrected chi connectivity index (χ3v) is 4.06. The number of nitrogen functional groups attached to an aromatic ring is 1. The Morgan fingerprint density at radius 2 is 1.75 bits per heavy atom. The average Bonchev–Trinajstić information content (AvgIpc) is 2.12. The summed E-state index contributed by atoms with van der Waals surface area (Å²) < 4.78 is 26.5. The van der Waals surface area contributed by atoms with Crippen LogP contribution in [-0.2, 0) is 10.0 Å². The molecule has 0 unspecified atom stereocenters. The van der Waals surface area contributed by atoms with Gasteiger partial charge in [0, 0.05) is 12.2 Å². The Bertz CT molecular complexity index is 458. The average molecular weight is 242 g/mol. The van der Waals surface area contributed by atoms with Crippen LogP contribution in [0.3, 0.4) is 0 Å². The van der Waals surface area contributed by atoms with Gasteiger partial charge in [0.15, 0.2) is 0 Å². The second-order valence-electron chi connectivity index (χ2n) is 3.88. The molecule has 5 heteroatoms. The first-order chi connectivity index (χ1) is 7.38. The SMILES string of the molecule is CCCNS(=O)(=O)c1c(C)cc(N)cc1C. The first kappa shape index (κ1) is 13.0. The summed E-state index contributed by atoms with van der Waals surface area (Å²) in [4.78, 5) is 0.343. The minimum absolute atomic E-state index is 0.343. The van der Waals surface area contributed by atoms with E-state index in [4.69, 9.17) is 5.73 Å². The predicted octanol–water partition coefficient (Wildman–Crippen LogP) is 1.57. The zero-order valence-electron chi connectivity index (χ0n) is 9.87. The lowest BCUT2D eigenvalue weighted by Gasteiger charge is -2.12. The molecule has 0 saturated carbocycles. The standard InChI is InChI=1S/C11H18N2O2S/c1-4-5-13-16(14,15)11-8(2)6-10(12)7-9(11)3/h6-7,13H,4-5,12H2,1-3H3. The van der Waals surface area contributed by atoms with Gasteiger partial charge in [-0.15, -0.1) is 0 Å². The van der Waals surface area contributed by atoms with Crippen LogP contribution in [0.4, 0.5) is 5.69 Å². The van der Waals surface area contributed by atoms with E-state index in [1.165, 1.54) is 0 Å². The van der Waals surface area contributed by atoms with Crippen LogP contribution >= 0.6 is 0 Å². The number of aryl methyl sites for hydroxylation is 2. The van der Waals surface area contributed by atoms with Crippen LogP contribution in [0, 0.1) is 13.8 Å². The highest BCUT2D eigenvalue weighted by molar-refractivity contribution is 7.89. The van der Waals surface area contributed by atoms with Gasteiger partial charge in [-0.3, -0.25) is 0 Å². The Labute approximate surface area is 96.9 Å². The molecule has 1 aromatic rings. The molecule has 3 N–H and O–H groups in total. The van der Waals surface area contributed by atoms with Gasteiger partial charge in [-0.1, -0.05) is 6.92 Å². The third-order valence-electron chi connectivity index (χ3n) is 2.29. The molecule has 0 aromatic heterocycles. The minimum atomic E-state index is -3.41. The highest BCUT2D eigenvalue weighted by atomic mass is 32.2. The zero-order chi connectivity index (χ0) is 12.3. The molecule has 1 aromatic carbocycles. The molecule has 0 spiro atoms. The molecule has 0 bridgehead atoms. The van der Waals surface area contributed by atoms with Crippen LogP contribution in [0.25, 0.3) is 0 Å². The van der Waals surface area contributed by atoms with Gasteiger partial charge in [-0.25, -0.2) is 13.1 Å².